The Morgan fingerprint density at radius 2 is 1.70 bits per heavy atom. The first-order valence-corrected chi connectivity index (χ1v) is 12.4. The van der Waals surface area contributed by atoms with Crippen LogP contribution in [0.1, 0.15) is 31.0 Å². The van der Waals surface area contributed by atoms with Crippen molar-refractivity contribution in [1.82, 2.24) is 0 Å². The summed E-state index contributed by atoms with van der Waals surface area (Å²) in [5.41, 5.74) is 0.942. The second kappa shape index (κ2) is 11.2. The minimum Gasteiger partial charge on any atom is -0.507 e. The maximum atomic E-state index is 13.5. The Kier molecular flexibility index (Phi) is 7.95. The van der Waals surface area contributed by atoms with Crippen molar-refractivity contribution in [3.8, 4) is 17.2 Å². The van der Waals surface area contributed by atoms with Gasteiger partial charge in [0.1, 0.15) is 11.5 Å². The fourth-order valence-corrected chi connectivity index (χ4v) is 4.65. The summed E-state index contributed by atoms with van der Waals surface area (Å²) in [7, 11) is 1.52. The zero-order valence-corrected chi connectivity index (χ0v) is 22.0. The van der Waals surface area contributed by atoms with Crippen molar-refractivity contribution in [2.45, 2.75) is 19.9 Å². The van der Waals surface area contributed by atoms with E-state index in [-0.39, 0.29) is 16.2 Å². The lowest BCUT2D eigenvalue weighted by Gasteiger charge is -2.26. The molecule has 37 heavy (non-hydrogen) atoms. The highest BCUT2D eigenvalue weighted by Gasteiger charge is 2.47. The first-order valence-electron chi connectivity index (χ1n) is 11.6. The molecule has 1 unspecified atom stereocenters. The third-order valence-corrected chi connectivity index (χ3v) is 6.40. The van der Waals surface area contributed by atoms with E-state index in [4.69, 9.17) is 37.4 Å². The van der Waals surface area contributed by atoms with E-state index in [1.165, 1.54) is 18.1 Å². The Bertz CT molecular complexity index is 1390. The van der Waals surface area contributed by atoms with Crippen LogP contribution in [0.5, 0.6) is 17.2 Å². The monoisotopic (exact) mass is 541 g/mol. The number of benzene rings is 3. The molecule has 0 radical (unpaired) electrons. The van der Waals surface area contributed by atoms with Gasteiger partial charge >= 0.3 is 0 Å². The Hall–Kier alpha value is -3.68. The third-order valence-electron chi connectivity index (χ3n) is 5.84. The molecule has 4 rings (SSSR count). The molecule has 0 spiro atoms. The highest BCUT2D eigenvalue weighted by atomic mass is 35.5. The molecule has 1 amide bonds. The van der Waals surface area contributed by atoms with Crippen LogP contribution in [0.3, 0.4) is 0 Å². The molecule has 9 heteroatoms. The molecule has 1 N–H and O–H groups in total. The SMILES string of the molecule is CCOc1ccc(Cl)c(/C(O)=C2\C(=O)C(=O)N(c3cccc(Cl)c3)C2c2ccc(OC)c(OCC)c2)c1. The number of ketones is 1. The molecular weight excluding hydrogens is 517 g/mol. The predicted octanol–water partition coefficient (Wildman–Crippen LogP) is 6.43. The Labute approximate surface area is 224 Å². The Balaban J connectivity index is 1.98. The van der Waals surface area contributed by atoms with E-state index in [2.05, 4.69) is 0 Å². The number of hydrogen-bond acceptors (Lipinski definition) is 6. The fourth-order valence-electron chi connectivity index (χ4n) is 4.26. The molecule has 3 aromatic rings. The van der Waals surface area contributed by atoms with Crippen LogP contribution in [0, 0.1) is 0 Å². The van der Waals surface area contributed by atoms with Crippen LogP contribution in [0.15, 0.2) is 66.2 Å². The maximum Gasteiger partial charge on any atom is 0.300 e. The van der Waals surface area contributed by atoms with E-state index in [0.717, 1.165) is 0 Å². The molecule has 1 aliphatic rings. The maximum absolute atomic E-state index is 13.5. The number of carbonyl (C=O) groups is 2. The second-order valence-electron chi connectivity index (χ2n) is 8.07. The molecule has 1 fully saturated rings. The standard InChI is InChI=1S/C28H25Cl2NO6/c1-4-36-19-10-11-21(30)20(15-19)26(32)24-25(16-9-12-22(35-3)23(13-16)37-5-2)31(28(34)27(24)33)18-8-6-7-17(29)14-18/h6-15,25,32H,4-5H2,1-3H3/b26-24+. The number of aliphatic hydroxyl groups is 1. The predicted molar refractivity (Wildman–Crippen MR) is 143 cm³/mol. The van der Waals surface area contributed by atoms with E-state index in [1.54, 1.807) is 54.6 Å². The van der Waals surface area contributed by atoms with Crippen LogP contribution < -0.4 is 19.1 Å². The van der Waals surface area contributed by atoms with Gasteiger partial charge in [-0.1, -0.05) is 35.3 Å². The molecule has 7 nitrogen and oxygen atoms in total. The second-order valence-corrected chi connectivity index (χ2v) is 8.91. The lowest BCUT2D eigenvalue weighted by molar-refractivity contribution is -0.132. The van der Waals surface area contributed by atoms with Crippen LogP contribution >= 0.6 is 23.2 Å². The van der Waals surface area contributed by atoms with Crippen LogP contribution in [-0.4, -0.2) is 37.1 Å². The van der Waals surface area contributed by atoms with Gasteiger partial charge in [0.2, 0.25) is 0 Å². The Morgan fingerprint density at radius 3 is 2.38 bits per heavy atom. The van der Waals surface area contributed by atoms with E-state index < -0.39 is 23.5 Å². The van der Waals surface area contributed by atoms with Crippen molar-refractivity contribution in [3.05, 3.63) is 87.4 Å². The zero-order chi connectivity index (χ0) is 26.7. The smallest absolute Gasteiger partial charge is 0.300 e. The van der Waals surface area contributed by atoms with Crippen molar-refractivity contribution in [3.63, 3.8) is 0 Å². The number of hydrogen-bond donors (Lipinski definition) is 1. The summed E-state index contributed by atoms with van der Waals surface area (Å²) < 4.78 is 16.7. The molecule has 1 atom stereocenters. The van der Waals surface area contributed by atoms with Crippen LogP contribution in [0.25, 0.3) is 5.76 Å². The van der Waals surface area contributed by atoms with Gasteiger partial charge in [-0.05, 0) is 67.9 Å². The Morgan fingerprint density at radius 1 is 0.946 bits per heavy atom. The molecule has 1 heterocycles. The van der Waals surface area contributed by atoms with E-state index in [1.807, 2.05) is 13.8 Å². The summed E-state index contributed by atoms with van der Waals surface area (Å²) in [5, 5.41) is 12.0. The number of rotatable bonds is 8. The molecule has 0 saturated carbocycles. The highest BCUT2D eigenvalue weighted by molar-refractivity contribution is 6.52. The van der Waals surface area contributed by atoms with Crippen LogP contribution in [0.2, 0.25) is 10.0 Å². The average Bonchev–Trinajstić information content (AvgIpc) is 3.15. The van der Waals surface area contributed by atoms with Gasteiger partial charge in [-0.3, -0.25) is 14.5 Å². The van der Waals surface area contributed by atoms with Crippen LogP contribution in [0.4, 0.5) is 5.69 Å². The molecule has 1 aliphatic heterocycles. The van der Waals surface area contributed by atoms with Crippen molar-refractivity contribution in [2.75, 3.05) is 25.2 Å². The van der Waals surface area contributed by atoms with Gasteiger partial charge in [0.25, 0.3) is 11.7 Å². The van der Waals surface area contributed by atoms with Gasteiger partial charge in [-0.15, -0.1) is 0 Å². The molecule has 0 aromatic heterocycles. The number of amides is 1. The molecule has 1 saturated heterocycles. The number of Topliss-reactive ketones (excluding diaryl/α,β-unsaturated/α-hetero) is 1. The lowest BCUT2D eigenvalue weighted by Crippen LogP contribution is -2.29. The minimum atomic E-state index is -1.00. The van der Waals surface area contributed by atoms with Gasteiger partial charge in [0.15, 0.2) is 11.5 Å². The number of methoxy groups -OCH3 is 1. The first-order chi connectivity index (χ1) is 17.8. The summed E-state index contributed by atoms with van der Waals surface area (Å²) in [4.78, 5) is 28.2. The zero-order valence-electron chi connectivity index (χ0n) is 20.5. The summed E-state index contributed by atoms with van der Waals surface area (Å²) in [5.74, 6) is -0.743. The number of aliphatic hydroxyl groups excluding tert-OH is 1. The van der Waals surface area contributed by atoms with Crippen molar-refractivity contribution >= 4 is 46.3 Å². The van der Waals surface area contributed by atoms with Crippen molar-refractivity contribution in [1.29, 1.82) is 0 Å². The van der Waals surface area contributed by atoms with Gasteiger partial charge in [-0.25, -0.2) is 0 Å². The summed E-state index contributed by atoms with van der Waals surface area (Å²) in [6, 6.07) is 15.4. The van der Waals surface area contributed by atoms with Gasteiger partial charge in [-0.2, -0.15) is 0 Å². The summed E-state index contributed by atoms with van der Waals surface area (Å²) in [6.07, 6.45) is 0. The number of ether oxygens (including phenoxy) is 3. The quantitative estimate of drug-likeness (QED) is 0.201. The minimum absolute atomic E-state index is 0.131. The van der Waals surface area contributed by atoms with Gasteiger partial charge in [0.05, 0.1) is 37.0 Å². The number of halogens is 2. The van der Waals surface area contributed by atoms with Crippen LogP contribution in [-0.2, 0) is 9.59 Å². The average molecular weight is 542 g/mol. The molecule has 192 valence electrons. The van der Waals surface area contributed by atoms with E-state index in [9.17, 15) is 14.7 Å². The summed E-state index contributed by atoms with van der Waals surface area (Å²) >= 11 is 12.6. The van der Waals surface area contributed by atoms with Crippen molar-refractivity contribution in [2.24, 2.45) is 0 Å². The number of anilines is 1. The molecule has 3 aromatic carbocycles. The number of carbonyl (C=O) groups excluding carboxylic acids is 2. The topological polar surface area (TPSA) is 85.3 Å². The van der Waals surface area contributed by atoms with E-state index >= 15 is 0 Å². The van der Waals surface area contributed by atoms with Crippen molar-refractivity contribution < 1.29 is 28.9 Å². The van der Waals surface area contributed by atoms with Gasteiger partial charge < -0.3 is 19.3 Å². The number of nitrogens with zero attached hydrogens (tertiary/aromatic N) is 1. The normalized spacial score (nSPS) is 16.7. The lowest BCUT2D eigenvalue weighted by atomic mass is 9.94. The summed E-state index contributed by atoms with van der Waals surface area (Å²) in [6.45, 7) is 4.42. The van der Waals surface area contributed by atoms with E-state index in [0.29, 0.717) is 46.7 Å². The molecule has 0 aliphatic carbocycles. The molecule has 0 bridgehead atoms. The first kappa shape index (κ1) is 26.4. The molecular formula is C28H25Cl2NO6. The largest absolute Gasteiger partial charge is 0.507 e. The fraction of sp³-hybridized carbons (Fsp3) is 0.214. The highest BCUT2D eigenvalue weighted by Crippen LogP contribution is 2.45. The van der Waals surface area contributed by atoms with Gasteiger partial charge in [0, 0.05) is 16.3 Å². The third kappa shape index (κ3) is 5.10.